The van der Waals surface area contributed by atoms with Crippen LogP contribution in [-0.2, 0) is 0 Å². The van der Waals surface area contributed by atoms with Gasteiger partial charge in [-0.15, -0.1) is 0 Å². The van der Waals surface area contributed by atoms with Gasteiger partial charge in [0.15, 0.2) is 0 Å². The summed E-state index contributed by atoms with van der Waals surface area (Å²) < 4.78 is 0. The topological polar surface area (TPSA) is 36.7 Å². The van der Waals surface area contributed by atoms with Crippen LogP contribution in [0.2, 0.25) is 0 Å². The van der Waals surface area contributed by atoms with Gasteiger partial charge in [0.2, 0.25) is 0 Å². The average molecular weight is 222 g/mol. The van der Waals surface area contributed by atoms with E-state index >= 15 is 0 Å². The van der Waals surface area contributed by atoms with Crippen LogP contribution in [0, 0.1) is 11.3 Å². The van der Waals surface area contributed by atoms with Gasteiger partial charge in [-0.1, -0.05) is 44.2 Å². The van der Waals surface area contributed by atoms with Crippen molar-refractivity contribution in [1.82, 2.24) is 4.98 Å². The van der Waals surface area contributed by atoms with E-state index in [1.807, 2.05) is 36.4 Å². The molecule has 0 saturated carbocycles. The normalized spacial score (nSPS) is 10.2. The molecular formula is C15H14N2. The van der Waals surface area contributed by atoms with E-state index in [0.717, 1.165) is 16.8 Å². The number of rotatable bonds is 2. The van der Waals surface area contributed by atoms with Crippen LogP contribution in [0.4, 0.5) is 0 Å². The van der Waals surface area contributed by atoms with E-state index in [4.69, 9.17) is 0 Å². The Morgan fingerprint density at radius 2 is 1.82 bits per heavy atom. The molecule has 0 unspecified atom stereocenters. The Kier molecular flexibility index (Phi) is 3.20. The van der Waals surface area contributed by atoms with Crippen molar-refractivity contribution in [3.63, 3.8) is 0 Å². The molecule has 0 aliphatic rings. The third kappa shape index (κ3) is 2.19. The molecule has 0 spiro atoms. The first-order valence-electron chi connectivity index (χ1n) is 5.68. The molecule has 0 N–H and O–H groups in total. The van der Waals surface area contributed by atoms with Crippen LogP contribution in [0.5, 0.6) is 0 Å². The highest BCUT2D eigenvalue weighted by atomic mass is 14.7. The monoisotopic (exact) mass is 222 g/mol. The van der Waals surface area contributed by atoms with Crippen molar-refractivity contribution < 1.29 is 0 Å². The molecular weight excluding hydrogens is 208 g/mol. The van der Waals surface area contributed by atoms with E-state index in [-0.39, 0.29) is 5.92 Å². The summed E-state index contributed by atoms with van der Waals surface area (Å²) in [5.41, 5.74) is 3.59. The summed E-state index contributed by atoms with van der Waals surface area (Å²) in [5, 5.41) is 9.32. The fourth-order valence-corrected chi connectivity index (χ4v) is 1.89. The Hall–Kier alpha value is -2.14. The van der Waals surface area contributed by atoms with E-state index in [9.17, 15) is 5.26 Å². The fourth-order valence-electron chi connectivity index (χ4n) is 1.89. The van der Waals surface area contributed by atoms with Gasteiger partial charge in [-0.3, -0.25) is 4.98 Å². The highest BCUT2D eigenvalue weighted by Gasteiger charge is 2.13. The van der Waals surface area contributed by atoms with Crippen LogP contribution < -0.4 is 0 Å². The summed E-state index contributed by atoms with van der Waals surface area (Å²) >= 11 is 0. The summed E-state index contributed by atoms with van der Waals surface area (Å²) in [4.78, 5) is 4.31. The minimum Gasteiger partial charge on any atom is -0.260 e. The summed E-state index contributed by atoms with van der Waals surface area (Å²) in [6, 6.07) is 14.1. The van der Waals surface area contributed by atoms with Crippen molar-refractivity contribution in [2.24, 2.45) is 0 Å². The van der Waals surface area contributed by atoms with E-state index in [1.54, 1.807) is 6.20 Å². The molecule has 0 bridgehead atoms. The molecule has 84 valence electrons. The first-order valence-corrected chi connectivity index (χ1v) is 5.68. The van der Waals surface area contributed by atoms with E-state index in [0.29, 0.717) is 5.56 Å². The number of nitrogens with zero attached hydrogens (tertiary/aromatic N) is 2. The summed E-state index contributed by atoms with van der Waals surface area (Å²) in [7, 11) is 0. The summed E-state index contributed by atoms with van der Waals surface area (Å²) in [6.45, 7) is 4.11. The van der Waals surface area contributed by atoms with Gasteiger partial charge in [-0.05, 0) is 17.5 Å². The second kappa shape index (κ2) is 4.80. The number of hydrogen-bond donors (Lipinski definition) is 0. The molecule has 2 heteroatoms. The molecule has 2 nitrogen and oxygen atoms in total. The van der Waals surface area contributed by atoms with Gasteiger partial charge in [0.1, 0.15) is 6.07 Å². The zero-order valence-corrected chi connectivity index (χ0v) is 10.0. The molecule has 0 aliphatic heterocycles. The molecule has 1 aromatic heterocycles. The molecule has 0 aliphatic carbocycles. The quantitative estimate of drug-likeness (QED) is 0.776. The van der Waals surface area contributed by atoms with Crippen molar-refractivity contribution in [3.8, 4) is 17.2 Å². The minimum atomic E-state index is 0.258. The minimum absolute atomic E-state index is 0.258. The smallest absolute Gasteiger partial charge is 0.102 e. The van der Waals surface area contributed by atoms with E-state index in [1.165, 1.54) is 0 Å². The molecule has 0 fully saturated rings. The molecule has 1 aromatic carbocycles. The van der Waals surface area contributed by atoms with Gasteiger partial charge in [0, 0.05) is 11.8 Å². The number of hydrogen-bond acceptors (Lipinski definition) is 2. The van der Waals surface area contributed by atoms with Gasteiger partial charge in [-0.25, -0.2) is 0 Å². The highest BCUT2D eigenvalue weighted by molar-refractivity contribution is 5.71. The van der Waals surface area contributed by atoms with Crippen LogP contribution in [0.25, 0.3) is 11.1 Å². The van der Waals surface area contributed by atoms with Crippen LogP contribution in [0.3, 0.4) is 0 Å². The number of pyridine rings is 1. The van der Waals surface area contributed by atoms with Crippen LogP contribution in [-0.4, -0.2) is 4.98 Å². The van der Waals surface area contributed by atoms with Crippen LogP contribution >= 0.6 is 0 Å². The molecule has 1 heterocycles. The van der Waals surface area contributed by atoms with Crippen molar-refractivity contribution >= 4 is 0 Å². The molecule has 0 amide bonds. The van der Waals surface area contributed by atoms with E-state index < -0.39 is 0 Å². The summed E-state index contributed by atoms with van der Waals surface area (Å²) in [6.07, 6.45) is 1.78. The third-order valence-electron chi connectivity index (χ3n) is 2.72. The Labute approximate surface area is 102 Å². The van der Waals surface area contributed by atoms with Crippen LogP contribution in [0.1, 0.15) is 31.0 Å². The predicted molar refractivity (Wildman–Crippen MR) is 68.5 cm³/mol. The van der Waals surface area contributed by atoms with Gasteiger partial charge >= 0.3 is 0 Å². The predicted octanol–water partition coefficient (Wildman–Crippen LogP) is 3.74. The third-order valence-corrected chi connectivity index (χ3v) is 2.72. The Bertz CT molecular complexity index is 551. The maximum Gasteiger partial charge on any atom is 0.102 e. The lowest BCUT2D eigenvalue weighted by atomic mass is 9.96. The standard InChI is InChI=1S/C15H14N2/c1-11(2)15-14(10-16)13(8-9-17-15)12-6-4-3-5-7-12/h3-9,11H,1-2H3. The molecule has 17 heavy (non-hydrogen) atoms. The molecule has 0 saturated heterocycles. The van der Waals surface area contributed by atoms with Crippen molar-refractivity contribution in [2.75, 3.05) is 0 Å². The molecule has 2 aromatic rings. The first-order chi connectivity index (χ1) is 8.24. The highest BCUT2D eigenvalue weighted by Crippen LogP contribution is 2.27. The Morgan fingerprint density at radius 1 is 1.12 bits per heavy atom. The maximum atomic E-state index is 9.32. The van der Waals surface area contributed by atoms with Gasteiger partial charge < -0.3 is 0 Å². The van der Waals surface area contributed by atoms with Crippen molar-refractivity contribution in [2.45, 2.75) is 19.8 Å². The van der Waals surface area contributed by atoms with Gasteiger partial charge in [-0.2, -0.15) is 5.26 Å². The van der Waals surface area contributed by atoms with Gasteiger partial charge in [0.25, 0.3) is 0 Å². The zero-order valence-electron chi connectivity index (χ0n) is 10.0. The Morgan fingerprint density at radius 3 is 2.41 bits per heavy atom. The fraction of sp³-hybridized carbons (Fsp3) is 0.200. The van der Waals surface area contributed by atoms with Crippen molar-refractivity contribution in [3.05, 3.63) is 53.9 Å². The van der Waals surface area contributed by atoms with Gasteiger partial charge in [0.05, 0.1) is 11.3 Å². The van der Waals surface area contributed by atoms with E-state index in [2.05, 4.69) is 24.9 Å². The van der Waals surface area contributed by atoms with Crippen LogP contribution in [0.15, 0.2) is 42.6 Å². The number of benzene rings is 1. The Balaban J connectivity index is 2.64. The summed E-state index contributed by atoms with van der Waals surface area (Å²) in [5.74, 6) is 0.258. The second-order valence-electron chi connectivity index (χ2n) is 4.25. The number of nitriles is 1. The lowest BCUT2D eigenvalue weighted by Crippen LogP contribution is -1.99. The number of aromatic nitrogens is 1. The lowest BCUT2D eigenvalue weighted by molar-refractivity contribution is 0.819. The first kappa shape index (κ1) is 11.3. The lowest BCUT2D eigenvalue weighted by Gasteiger charge is -2.10. The molecule has 0 radical (unpaired) electrons. The maximum absolute atomic E-state index is 9.32. The zero-order chi connectivity index (χ0) is 12.3. The molecule has 0 atom stereocenters. The second-order valence-corrected chi connectivity index (χ2v) is 4.25. The average Bonchev–Trinajstić information content (AvgIpc) is 2.38. The molecule has 2 rings (SSSR count). The van der Waals surface area contributed by atoms with Crippen molar-refractivity contribution in [1.29, 1.82) is 5.26 Å². The largest absolute Gasteiger partial charge is 0.260 e. The SMILES string of the molecule is CC(C)c1nccc(-c2ccccc2)c1C#N.